The van der Waals surface area contributed by atoms with E-state index in [4.69, 9.17) is 4.99 Å². The van der Waals surface area contributed by atoms with Crippen LogP contribution in [0.5, 0.6) is 0 Å². The lowest BCUT2D eigenvalue weighted by atomic mass is 10.1. The second-order valence-corrected chi connectivity index (χ2v) is 6.93. The highest BCUT2D eigenvalue weighted by Gasteiger charge is 2.13. The smallest absolute Gasteiger partial charge is 0.191 e. The van der Waals surface area contributed by atoms with E-state index in [1.165, 1.54) is 27.7 Å². The topological polar surface area (TPSA) is 70.0 Å². The minimum atomic E-state index is 0.655. The molecule has 0 radical (unpaired) electrons. The van der Waals surface area contributed by atoms with Crippen molar-refractivity contribution in [1.82, 2.24) is 25.4 Å². The van der Waals surface area contributed by atoms with Crippen molar-refractivity contribution in [2.75, 3.05) is 13.1 Å². The third kappa shape index (κ3) is 4.38. The molecule has 0 saturated heterocycles. The molecule has 0 bridgehead atoms. The maximum absolute atomic E-state index is 4.83. The number of guanidine groups is 1. The third-order valence-electron chi connectivity index (χ3n) is 5.13. The molecule has 1 aromatic carbocycles. The van der Waals surface area contributed by atoms with Crippen LogP contribution in [0, 0.1) is 0 Å². The number of H-pyrrole nitrogens is 1. The van der Waals surface area contributed by atoms with Crippen molar-refractivity contribution in [3.05, 3.63) is 53.0 Å². The Morgan fingerprint density at radius 1 is 1.14 bits per heavy atom. The molecule has 2 heterocycles. The molecule has 0 unspecified atom stereocenters. The Kier molecular flexibility index (Phi) is 6.74. The molecule has 28 heavy (non-hydrogen) atoms. The van der Waals surface area contributed by atoms with Gasteiger partial charge in [-0.25, -0.2) is 4.99 Å². The highest BCUT2D eigenvalue weighted by molar-refractivity contribution is 5.83. The van der Waals surface area contributed by atoms with E-state index >= 15 is 0 Å². The number of aromatic nitrogens is 3. The summed E-state index contributed by atoms with van der Waals surface area (Å²) < 4.78 is 2.00. The molecule has 3 N–H and O–H groups in total. The van der Waals surface area contributed by atoms with Crippen LogP contribution >= 0.6 is 0 Å². The highest BCUT2D eigenvalue weighted by Crippen LogP contribution is 2.18. The lowest BCUT2D eigenvalue weighted by molar-refractivity contribution is 0.703. The summed E-state index contributed by atoms with van der Waals surface area (Å²) in [6.07, 6.45) is 4.96. The number of benzene rings is 1. The number of aliphatic imine (C=N–C) groups is 1. The molecule has 0 saturated carbocycles. The molecule has 150 valence electrons. The minimum Gasteiger partial charge on any atom is -0.361 e. The molecule has 3 aromatic rings. The van der Waals surface area contributed by atoms with Gasteiger partial charge in [-0.2, -0.15) is 5.10 Å². The second kappa shape index (κ2) is 9.44. The van der Waals surface area contributed by atoms with Gasteiger partial charge < -0.3 is 15.6 Å². The Morgan fingerprint density at radius 3 is 2.71 bits per heavy atom. The molecule has 0 aliphatic rings. The number of hydrogen-bond donors (Lipinski definition) is 3. The molecule has 2 aromatic heterocycles. The van der Waals surface area contributed by atoms with Crippen LogP contribution in [0.4, 0.5) is 0 Å². The number of nitrogens with one attached hydrogen (secondary N) is 3. The first-order valence-electron chi connectivity index (χ1n) is 10.3. The van der Waals surface area contributed by atoms with Gasteiger partial charge in [-0.3, -0.25) is 4.68 Å². The summed E-state index contributed by atoms with van der Waals surface area (Å²) >= 11 is 0. The van der Waals surface area contributed by atoms with Gasteiger partial charge in [0.25, 0.3) is 0 Å². The van der Waals surface area contributed by atoms with Crippen LogP contribution in [0.3, 0.4) is 0 Å². The van der Waals surface area contributed by atoms with Crippen LogP contribution in [-0.4, -0.2) is 33.8 Å². The summed E-state index contributed by atoms with van der Waals surface area (Å²) in [5.74, 6) is 0.857. The van der Waals surface area contributed by atoms with E-state index in [0.29, 0.717) is 6.54 Å². The van der Waals surface area contributed by atoms with Gasteiger partial charge in [-0.05, 0) is 37.8 Å². The first-order valence-corrected chi connectivity index (χ1v) is 10.3. The predicted octanol–water partition coefficient (Wildman–Crippen LogP) is 3.32. The molecule has 3 rings (SSSR count). The molecule has 0 atom stereocenters. The number of aryl methyl sites for hydroxylation is 2. The standard InChI is InChI=1S/C22H32N6/c1-5-19-18(21(6-2)28(4)27-19)15-26-22(23-7-3)24-13-12-16-14-25-20-11-9-8-10-17(16)20/h8-11,14,25H,5-7,12-13,15H2,1-4H3,(H2,23,24,26). The Morgan fingerprint density at radius 2 is 1.96 bits per heavy atom. The fourth-order valence-electron chi connectivity index (χ4n) is 3.73. The van der Waals surface area contributed by atoms with E-state index in [0.717, 1.165) is 44.0 Å². The van der Waals surface area contributed by atoms with Crippen LogP contribution in [0.1, 0.15) is 43.3 Å². The van der Waals surface area contributed by atoms with E-state index in [-0.39, 0.29) is 0 Å². The van der Waals surface area contributed by atoms with Crippen molar-refractivity contribution in [2.45, 2.75) is 46.6 Å². The first kappa shape index (κ1) is 20.0. The average Bonchev–Trinajstić information content (AvgIpc) is 3.26. The largest absolute Gasteiger partial charge is 0.361 e. The van der Waals surface area contributed by atoms with Crippen molar-refractivity contribution in [3.63, 3.8) is 0 Å². The van der Waals surface area contributed by atoms with Crippen molar-refractivity contribution in [1.29, 1.82) is 0 Å². The number of rotatable bonds is 8. The Balaban J connectivity index is 1.66. The van der Waals surface area contributed by atoms with Crippen molar-refractivity contribution >= 4 is 16.9 Å². The minimum absolute atomic E-state index is 0.655. The van der Waals surface area contributed by atoms with Crippen molar-refractivity contribution < 1.29 is 0 Å². The fraction of sp³-hybridized carbons (Fsp3) is 0.455. The molecule has 0 amide bonds. The molecule has 0 fully saturated rings. The van der Waals surface area contributed by atoms with Gasteiger partial charge in [0.2, 0.25) is 0 Å². The summed E-state index contributed by atoms with van der Waals surface area (Å²) in [6.45, 7) is 8.75. The first-order chi connectivity index (χ1) is 13.7. The van der Waals surface area contributed by atoms with Crippen molar-refractivity contribution in [2.24, 2.45) is 12.0 Å². The van der Waals surface area contributed by atoms with Gasteiger partial charge in [-0.15, -0.1) is 0 Å². The fourth-order valence-corrected chi connectivity index (χ4v) is 3.73. The van der Waals surface area contributed by atoms with Crippen LogP contribution in [0.25, 0.3) is 10.9 Å². The van der Waals surface area contributed by atoms with Gasteiger partial charge in [0, 0.05) is 48.5 Å². The van der Waals surface area contributed by atoms with E-state index in [1.54, 1.807) is 0 Å². The van der Waals surface area contributed by atoms with E-state index < -0.39 is 0 Å². The lowest BCUT2D eigenvalue weighted by Gasteiger charge is -2.11. The SMILES string of the molecule is CCNC(=NCc1c(CC)nn(C)c1CC)NCCc1c[nH]c2ccccc12. The maximum atomic E-state index is 4.83. The summed E-state index contributed by atoms with van der Waals surface area (Å²) in [6, 6.07) is 8.43. The van der Waals surface area contributed by atoms with Crippen molar-refractivity contribution in [3.8, 4) is 0 Å². The Labute approximate surface area is 167 Å². The van der Waals surface area contributed by atoms with Gasteiger partial charge in [0.15, 0.2) is 5.96 Å². The third-order valence-corrected chi connectivity index (χ3v) is 5.13. The van der Waals surface area contributed by atoms with Crippen LogP contribution in [-0.2, 0) is 32.9 Å². The summed E-state index contributed by atoms with van der Waals surface area (Å²) in [5, 5.41) is 12.8. The summed E-state index contributed by atoms with van der Waals surface area (Å²) in [4.78, 5) is 8.17. The zero-order chi connectivity index (χ0) is 19.9. The molecule has 0 aliphatic carbocycles. The molecule has 0 aliphatic heterocycles. The van der Waals surface area contributed by atoms with Gasteiger partial charge in [0.05, 0.1) is 12.2 Å². The van der Waals surface area contributed by atoms with E-state index in [9.17, 15) is 0 Å². The van der Waals surface area contributed by atoms with E-state index in [2.05, 4.69) is 71.9 Å². The second-order valence-electron chi connectivity index (χ2n) is 6.93. The van der Waals surface area contributed by atoms with Gasteiger partial charge in [-0.1, -0.05) is 32.0 Å². The number of para-hydroxylation sites is 1. The lowest BCUT2D eigenvalue weighted by Crippen LogP contribution is -2.38. The average molecular weight is 381 g/mol. The predicted molar refractivity (Wildman–Crippen MR) is 117 cm³/mol. The summed E-state index contributed by atoms with van der Waals surface area (Å²) in [7, 11) is 2.02. The molecule has 6 heteroatoms. The van der Waals surface area contributed by atoms with Crippen LogP contribution in [0.2, 0.25) is 0 Å². The molecule has 6 nitrogen and oxygen atoms in total. The van der Waals surface area contributed by atoms with Gasteiger partial charge >= 0.3 is 0 Å². The summed E-state index contributed by atoms with van der Waals surface area (Å²) in [5.41, 5.74) is 6.20. The molecule has 0 spiro atoms. The monoisotopic (exact) mass is 380 g/mol. The van der Waals surface area contributed by atoms with Crippen LogP contribution in [0.15, 0.2) is 35.5 Å². The molecular formula is C22H32N6. The highest BCUT2D eigenvalue weighted by atomic mass is 15.3. The maximum Gasteiger partial charge on any atom is 0.191 e. The number of fused-ring (bicyclic) bond motifs is 1. The van der Waals surface area contributed by atoms with Crippen LogP contribution < -0.4 is 10.6 Å². The zero-order valence-corrected chi connectivity index (χ0v) is 17.5. The number of aromatic amines is 1. The van der Waals surface area contributed by atoms with E-state index in [1.807, 2.05) is 11.7 Å². The molecular weight excluding hydrogens is 348 g/mol. The Hall–Kier alpha value is -2.76. The number of nitrogens with zero attached hydrogens (tertiary/aromatic N) is 3. The zero-order valence-electron chi connectivity index (χ0n) is 17.5. The quantitative estimate of drug-likeness (QED) is 0.415. The van der Waals surface area contributed by atoms with Gasteiger partial charge in [0.1, 0.15) is 0 Å². The number of hydrogen-bond acceptors (Lipinski definition) is 2. The Bertz CT molecular complexity index is 934. The normalized spacial score (nSPS) is 11.9.